The summed E-state index contributed by atoms with van der Waals surface area (Å²) >= 11 is 3.14. The second-order valence-electron chi connectivity index (χ2n) is 4.59. The first kappa shape index (κ1) is 15.3. The highest BCUT2D eigenvalue weighted by atomic mass is 79.9. The number of nitrogens with two attached hydrogens (primary N) is 1. The zero-order valence-electron chi connectivity index (χ0n) is 11.6. The van der Waals surface area contributed by atoms with E-state index in [1.807, 2.05) is 42.2 Å². The molecular weight excluding hydrogens is 333 g/mol. The summed E-state index contributed by atoms with van der Waals surface area (Å²) in [5.74, 6) is -0.426. The quantitative estimate of drug-likeness (QED) is 0.848. The van der Waals surface area contributed by atoms with E-state index in [0.29, 0.717) is 24.5 Å². The maximum Gasteiger partial charge on any atom is 0.161 e. The number of nitrogen functional groups attached to an aromatic ring is 1. The molecule has 0 aromatic heterocycles. The average Bonchev–Trinajstić information content (AvgIpc) is 2.50. The molecule has 0 fully saturated rings. The molecule has 2 N–H and O–H groups in total. The van der Waals surface area contributed by atoms with Crippen molar-refractivity contribution >= 4 is 27.3 Å². The van der Waals surface area contributed by atoms with Gasteiger partial charge < -0.3 is 10.6 Å². The average molecular weight is 348 g/mol. The van der Waals surface area contributed by atoms with E-state index >= 15 is 0 Å². The van der Waals surface area contributed by atoms with Crippen molar-refractivity contribution in [3.8, 4) is 6.07 Å². The van der Waals surface area contributed by atoms with Crippen molar-refractivity contribution in [1.29, 1.82) is 5.26 Å². The predicted molar refractivity (Wildman–Crippen MR) is 86.4 cm³/mol. The lowest BCUT2D eigenvalue weighted by atomic mass is 10.1. The highest BCUT2D eigenvalue weighted by Crippen LogP contribution is 2.30. The number of para-hydroxylation sites is 1. The van der Waals surface area contributed by atoms with Crippen LogP contribution in [-0.4, -0.2) is 6.54 Å². The monoisotopic (exact) mass is 347 g/mol. The van der Waals surface area contributed by atoms with Gasteiger partial charge in [-0.25, -0.2) is 4.39 Å². The fourth-order valence-electron chi connectivity index (χ4n) is 2.12. The molecule has 0 saturated carbocycles. The summed E-state index contributed by atoms with van der Waals surface area (Å²) in [4.78, 5) is 1.88. The van der Waals surface area contributed by atoms with Crippen LogP contribution in [0, 0.1) is 17.1 Å². The van der Waals surface area contributed by atoms with Gasteiger partial charge in [0.05, 0.1) is 15.7 Å². The van der Waals surface area contributed by atoms with Crippen molar-refractivity contribution in [2.45, 2.75) is 13.5 Å². The van der Waals surface area contributed by atoms with Crippen LogP contribution < -0.4 is 10.6 Å². The number of hydrogen-bond donors (Lipinski definition) is 1. The Morgan fingerprint density at radius 2 is 2.00 bits per heavy atom. The van der Waals surface area contributed by atoms with Crippen LogP contribution in [0.15, 0.2) is 40.9 Å². The molecule has 5 heteroatoms. The highest BCUT2D eigenvalue weighted by Gasteiger charge is 2.16. The summed E-state index contributed by atoms with van der Waals surface area (Å²) < 4.78 is 14.6. The van der Waals surface area contributed by atoms with Gasteiger partial charge in [0.25, 0.3) is 0 Å². The van der Waals surface area contributed by atoms with E-state index in [1.54, 1.807) is 12.1 Å². The van der Waals surface area contributed by atoms with E-state index in [4.69, 9.17) is 11.0 Å². The standard InChI is InChI=1S/C16H15BrFN3/c1-2-21(10-12-5-3-4-6-13(12)20)14-8-7-11(9-19)15(17)16(14)18/h3-8H,2,10,20H2,1H3. The Balaban J connectivity index is 2.37. The fourth-order valence-corrected chi connectivity index (χ4v) is 2.54. The molecular formula is C16H15BrFN3. The predicted octanol–water partition coefficient (Wildman–Crippen LogP) is 4.07. The van der Waals surface area contributed by atoms with Crippen LogP contribution in [0.1, 0.15) is 18.1 Å². The minimum atomic E-state index is -0.426. The molecule has 0 unspecified atom stereocenters. The molecule has 2 aromatic rings. The third kappa shape index (κ3) is 3.17. The van der Waals surface area contributed by atoms with Gasteiger partial charge in [-0.3, -0.25) is 0 Å². The summed E-state index contributed by atoms with van der Waals surface area (Å²) in [5.41, 5.74) is 8.30. The van der Waals surface area contributed by atoms with E-state index in [2.05, 4.69) is 15.9 Å². The van der Waals surface area contributed by atoms with Crippen molar-refractivity contribution in [3.63, 3.8) is 0 Å². The zero-order valence-corrected chi connectivity index (χ0v) is 13.2. The minimum Gasteiger partial charge on any atom is -0.398 e. The Morgan fingerprint density at radius 3 is 2.62 bits per heavy atom. The smallest absolute Gasteiger partial charge is 0.161 e. The van der Waals surface area contributed by atoms with Crippen LogP contribution in [0.5, 0.6) is 0 Å². The van der Waals surface area contributed by atoms with Crippen molar-refractivity contribution in [2.75, 3.05) is 17.2 Å². The van der Waals surface area contributed by atoms with Gasteiger partial charge in [0.2, 0.25) is 0 Å². The molecule has 0 aliphatic rings. The second-order valence-corrected chi connectivity index (χ2v) is 5.38. The summed E-state index contributed by atoms with van der Waals surface area (Å²) in [6.45, 7) is 3.09. The highest BCUT2D eigenvalue weighted by molar-refractivity contribution is 9.10. The topological polar surface area (TPSA) is 53.0 Å². The number of halogens is 2. The summed E-state index contributed by atoms with van der Waals surface area (Å²) in [6.07, 6.45) is 0. The third-order valence-electron chi connectivity index (χ3n) is 3.32. The molecule has 0 radical (unpaired) electrons. The maximum absolute atomic E-state index is 14.4. The zero-order chi connectivity index (χ0) is 15.4. The number of rotatable bonds is 4. The molecule has 0 saturated heterocycles. The number of anilines is 2. The van der Waals surface area contributed by atoms with E-state index in [1.165, 1.54) is 0 Å². The lowest BCUT2D eigenvalue weighted by Gasteiger charge is -2.25. The van der Waals surface area contributed by atoms with Gasteiger partial charge in [-0.2, -0.15) is 5.26 Å². The lowest BCUT2D eigenvalue weighted by molar-refractivity contribution is 0.611. The van der Waals surface area contributed by atoms with Crippen LogP contribution >= 0.6 is 15.9 Å². The molecule has 0 atom stereocenters. The van der Waals surface area contributed by atoms with Gasteiger partial charge in [-0.1, -0.05) is 18.2 Å². The first-order chi connectivity index (χ1) is 10.1. The number of nitriles is 1. The third-order valence-corrected chi connectivity index (χ3v) is 4.10. The molecule has 0 spiro atoms. The van der Waals surface area contributed by atoms with Crippen LogP contribution in [0.3, 0.4) is 0 Å². The van der Waals surface area contributed by atoms with Gasteiger partial charge >= 0.3 is 0 Å². The molecule has 0 amide bonds. The normalized spacial score (nSPS) is 10.2. The number of benzene rings is 2. The Kier molecular flexibility index (Phi) is 4.81. The van der Waals surface area contributed by atoms with Crippen LogP contribution in [0.25, 0.3) is 0 Å². The molecule has 21 heavy (non-hydrogen) atoms. The van der Waals surface area contributed by atoms with Crippen molar-refractivity contribution in [3.05, 3.63) is 57.8 Å². The van der Waals surface area contributed by atoms with Crippen LogP contribution in [-0.2, 0) is 6.54 Å². The van der Waals surface area contributed by atoms with Crippen molar-refractivity contribution in [1.82, 2.24) is 0 Å². The Bertz CT molecular complexity index is 694. The molecule has 108 valence electrons. The van der Waals surface area contributed by atoms with Gasteiger partial charge in [0, 0.05) is 18.8 Å². The van der Waals surface area contributed by atoms with E-state index in [-0.39, 0.29) is 10.0 Å². The molecule has 0 heterocycles. The molecule has 0 bridgehead atoms. The molecule has 0 aliphatic carbocycles. The van der Waals surface area contributed by atoms with Gasteiger partial charge in [-0.05, 0) is 46.6 Å². The van der Waals surface area contributed by atoms with Gasteiger partial charge in [0.15, 0.2) is 5.82 Å². The first-order valence-corrected chi connectivity index (χ1v) is 7.34. The fraction of sp³-hybridized carbons (Fsp3) is 0.188. The van der Waals surface area contributed by atoms with E-state index in [9.17, 15) is 4.39 Å². The van der Waals surface area contributed by atoms with Crippen molar-refractivity contribution < 1.29 is 4.39 Å². The molecule has 3 nitrogen and oxygen atoms in total. The molecule has 2 rings (SSSR count). The van der Waals surface area contributed by atoms with E-state index < -0.39 is 5.82 Å². The van der Waals surface area contributed by atoms with Crippen molar-refractivity contribution in [2.24, 2.45) is 0 Å². The number of nitrogens with zero attached hydrogens (tertiary/aromatic N) is 2. The summed E-state index contributed by atoms with van der Waals surface area (Å²) in [7, 11) is 0. The minimum absolute atomic E-state index is 0.196. The van der Waals surface area contributed by atoms with Crippen LogP contribution in [0.4, 0.5) is 15.8 Å². The summed E-state index contributed by atoms with van der Waals surface area (Å²) in [6, 6.07) is 12.7. The van der Waals surface area contributed by atoms with Gasteiger partial charge in [-0.15, -0.1) is 0 Å². The maximum atomic E-state index is 14.4. The Labute approximate surface area is 131 Å². The lowest BCUT2D eigenvalue weighted by Crippen LogP contribution is -2.24. The largest absolute Gasteiger partial charge is 0.398 e. The Hall–Kier alpha value is -2.06. The SMILES string of the molecule is CCN(Cc1ccccc1N)c1ccc(C#N)c(Br)c1F. The van der Waals surface area contributed by atoms with E-state index in [0.717, 1.165) is 5.56 Å². The molecule has 2 aromatic carbocycles. The van der Waals surface area contributed by atoms with Crippen LogP contribution in [0.2, 0.25) is 0 Å². The number of hydrogen-bond acceptors (Lipinski definition) is 3. The van der Waals surface area contributed by atoms with Gasteiger partial charge in [0.1, 0.15) is 6.07 Å². The second kappa shape index (κ2) is 6.59. The summed E-state index contributed by atoms with van der Waals surface area (Å²) in [5, 5.41) is 8.92. The molecule has 0 aliphatic heterocycles. The Morgan fingerprint density at radius 1 is 1.29 bits per heavy atom. The first-order valence-electron chi connectivity index (χ1n) is 6.55.